The first-order chi connectivity index (χ1) is 8.16. The van der Waals surface area contributed by atoms with Gasteiger partial charge in [0.25, 0.3) is 0 Å². The zero-order valence-electron chi connectivity index (χ0n) is 9.70. The smallest absolute Gasteiger partial charge is 0.339 e. The van der Waals surface area contributed by atoms with Crippen LogP contribution in [0.25, 0.3) is 0 Å². The van der Waals surface area contributed by atoms with Crippen molar-refractivity contribution in [3.63, 3.8) is 0 Å². The fourth-order valence-electron chi connectivity index (χ4n) is 1.43. The highest BCUT2D eigenvalue weighted by Crippen LogP contribution is 2.24. The first-order valence-corrected chi connectivity index (χ1v) is 5.88. The van der Waals surface area contributed by atoms with Crippen molar-refractivity contribution >= 4 is 23.3 Å². The predicted molar refractivity (Wildman–Crippen MR) is 68.0 cm³/mol. The summed E-state index contributed by atoms with van der Waals surface area (Å²) >= 11 is 5.84. The van der Waals surface area contributed by atoms with Gasteiger partial charge in [-0.05, 0) is 25.5 Å². The van der Waals surface area contributed by atoms with Crippen LogP contribution in [-0.2, 0) is 4.74 Å². The van der Waals surface area contributed by atoms with Crippen LogP contribution in [0.2, 0.25) is 5.02 Å². The molecule has 2 N–H and O–H groups in total. The number of hydrogen-bond donors (Lipinski definition) is 2. The first-order valence-electron chi connectivity index (χ1n) is 5.50. The summed E-state index contributed by atoms with van der Waals surface area (Å²) in [6, 6.07) is 4.99. The molecule has 0 unspecified atom stereocenters. The van der Waals surface area contributed by atoms with Gasteiger partial charge in [-0.2, -0.15) is 0 Å². The second kappa shape index (κ2) is 7.14. The van der Waals surface area contributed by atoms with Crippen LogP contribution >= 0.6 is 11.6 Å². The number of hydrogen-bond acceptors (Lipinski definition) is 3. The van der Waals surface area contributed by atoms with E-state index in [0.29, 0.717) is 25.4 Å². The van der Waals surface area contributed by atoms with Gasteiger partial charge in [-0.25, -0.2) is 4.79 Å². The Morgan fingerprint density at radius 3 is 2.94 bits per heavy atom. The fourth-order valence-corrected chi connectivity index (χ4v) is 1.69. The zero-order chi connectivity index (χ0) is 12.7. The third-order valence-electron chi connectivity index (χ3n) is 2.21. The largest absolute Gasteiger partial charge is 0.478 e. The molecule has 0 atom stereocenters. The molecule has 94 valence electrons. The molecule has 0 bridgehead atoms. The van der Waals surface area contributed by atoms with E-state index in [9.17, 15) is 4.79 Å². The number of halogens is 1. The van der Waals surface area contributed by atoms with Crippen LogP contribution in [0.15, 0.2) is 18.2 Å². The van der Waals surface area contributed by atoms with Gasteiger partial charge in [0.05, 0.1) is 10.7 Å². The Bertz CT molecular complexity index is 382. The number of rotatable bonds is 7. The lowest BCUT2D eigenvalue weighted by atomic mass is 10.1. The number of aromatic carboxylic acids is 1. The van der Waals surface area contributed by atoms with Crippen LogP contribution in [-0.4, -0.2) is 30.8 Å². The Morgan fingerprint density at radius 2 is 2.29 bits per heavy atom. The van der Waals surface area contributed by atoms with Gasteiger partial charge >= 0.3 is 5.97 Å². The molecule has 0 aliphatic heterocycles. The third-order valence-corrected chi connectivity index (χ3v) is 2.53. The van der Waals surface area contributed by atoms with Crippen LogP contribution in [0.3, 0.4) is 0 Å². The molecule has 0 radical (unpaired) electrons. The molecule has 0 aliphatic carbocycles. The van der Waals surface area contributed by atoms with Gasteiger partial charge in [-0.15, -0.1) is 0 Å². The van der Waals surface area contributed by atoms with Crippen LogP contribution < -0.4 is 5.32 Å². The SMILES string of the molecule is CCOCCCNc1cccc(Cl)c1C(=O)O. The highest BCUT2D eigenvalue weighted by atomic mass is 35.5. The number of benzene rings is 1. The van der Waals surface area contributed by atoms with E-state index in [1.807, 2.05) is 6.92 Å². The van der Waals surface area contributed by atoms with E-state index in [0.717, 1.165) is 6.42 Å². The van der Waals surface area contributed by atoms with Crippen molar-refractivity contribution < 1.29 is 14.6 Å². The summed E-state index contributed by atoms with van der Waals surface area (Å²) in [4.78, 5) is 11.0. The van der Waals surface area contributed by atoms with Crippen LogP contribution in [0.4, 0.5) is 5.69 Å². The number of carboxylic acids is 1. The van der Waals surface area contributed by atoms with Crippen molar-refractivity contribution in [3.05, 3.63) is 28.8 Å². The number of carboxylic acid groups (broad SMARTS) is 1. The highest BCUT2D eigenvalue weighted by molar-refractivity contribution is 6.34. The van der Waals surface area contributed by atoms with Gasteiger partial charge in [-0.1, -0.05) is 17.7 Å². The molecule has 0 fully saturated rings. The third kappa shape index (κ3) is 4.24. The van der Waals surface area contributed by atoms with Gasteiger partial charge in [-0.3, -0.25) is 0 Å². The summed E-state index contributed by atoms with van der Waals surface area (Å²) in [5, 5.41) is 12.3. The van der Waals surface area contributed by atoms with Crippen molar-refractivity contribution in [1.82, 2.24) is 0 Å². The molecule has 0 spiro atoms. The first kappa shape index (κ1) is 13.8. The van der Waals surface area contributed by atoms with E-state index in [2.05, 4.69) is 5.32 Å². The monoisotopic (exact) mass is 257 g/mol. The van der Waals surface area contributed by atoms with E-state index in [1.54, 1.807) is 18.2 Å². The summed E-state index contributed by atoms with van der Waals surface area (Å²) in [6.45, 7) is 3.94. The minimum atomic E-state index is -1.03. The van der Waals surface area contributed by atoms with Gasteiger partial charge in [0.1, 0.15) is 5.56 Å². The van der Waals surface area contributed by atoms with Crippen molar-refractivity contribution in [2.75, 3.05) is 25.1 Å². The lowest BCUT2D eigenvalue weighted by Gasteiger charge is -2.10. The van der Waals surface area contributed by atoms with E-state index in [1.165, 1.54) is 0 Å². The molecule has 0 heterocycles. The van der Waals surface area contributed by atoms with Crippen molar-refractivity contribution in [3.8, 4) is 0 Å². The molecular weight excluding hydrogens is 242 g/mol. The van der Waals surface area contributed by atoms with Gasteiger partial charge < -0.3 is 15.2 Å². The number of carbonyl (C=O) groups is 1. The topological polar surface area (TPSA) is 58.6 Å². The molecule has 0 saturated heterocycles. The highest BCUT2D eigenvalue weighted by Gasteiger charge is 2.13. The molecule has 5 heteroatoms. The maximum atomic E-state index is 11.0. The quantitative estimate of drug-likeness (QED) is 0.738. The van der Waals surface area contributed by atoms with E-state index in [-0.39, 0.29) is 10.6 Å². The molecule has 1 aromatic rings. The van der Waals surface area contributed by atoms with Crippen LogP contribution in [0, 0.1) is 0 Å². The summed E-state index contributed by atoms with van der Waals surface area (Å²) < 4.78 is 5.19. The number of nitrogens with one attached hydrogen (secondary N) is 1. The van der Waals surface area contributed by atoms with E-state index in [4.69, 9.17) is 21.4 Å². The molecule has 4 nitrogen and oxygen atoms in total. The molecular formula is C12H16ClNO3. The predicted octanol–water partition coefficient (Wildman–Crippen LogP) is 2.88. The summed E-state index contributed by atoms with van der Waals surface area (Å²) in [5.41, 5.74) is 0.659. The molecule has 17 heavy (non-hydrogen) atoms. The second-order valence-electron chi connectivity index (χ2n) is 3.44. The summed E-state index contributed by atoms with van der Waals surface area (Å²) in [7, 11) is 0. The number of ether oxygens (including phenoxy) is 1. The number of anilines is 1. The standard InChI is InChI=1S/C12H16ClNO3/c1-2-17-8-4-7-14-10-6-3-5-9(13)11(10)12(15)16/h3,5-6,14H,2,4,7-8H2,1H3,(H,15,16). The van der Waals surface area contributed by atoms with Crippen LogP contribution in [0.1, 0.15) is 23.7 Å². The van der Waals surface area contributed by atoms with Crippen molar-refractivity contribution in [2.24, 2.45) is 0 Å². The lowest BCUT2D eigenvalue weighted by molar-refractivity contribution is 0.0698. The molecule has 0 amide bonds. The van der Waals surface area contributed by atoms with Crippen molar-refractivity contribution in [2.45, 2.75) is 13.3 Å². The molecule has 0 aliphatic rings. The second-order valence-corrected chi connectivity index (χ2v) is 3.85. The lowest BCUT2D eigenvalue weighted by Crippen LogP contribution is -2.10. The van der Waals surface area contributed by atoms with Gasteiger partial charge in [0.2, 0.25) is 0 Å². The summed E-state index contributed by atoms with van der Waals surface area (Å²) in [6.07, 6.45) is 0.819. The maximum Gasteiger partial charge on any atom is 0.339 e. The van der Waals surface area contributed by atoms with Crippen LogP contribution in [0.5, 0.6) is 0 Å². The average molecular weight is 258 g/mol. The Kier molecular flexibility index (Phi) is 5.80. The Hall–Kier alpha value is -1.26. The molecule has 1 rings (SSSR count). The minimum absolute atomic E-state index is 0.116. The molecule has 1 aromatic carbocycles. The van der Waals surface area contributed by atoms with Gasteiger partial charge in [0.15, 0.2) is 0 Å². The maximum absolute atomic E-state index is 11.0. The normalized spacial score (nSPS) is 10.2. The van der Waals surface area contributed by atoms with Gasteiger partial charge in [0, 0.05) is 19.8 Å². The Morgan fingerprint density at radius 1 is 1.53 bits per heavy atom. The average Bonchev–Trinajstić information content (AvgIpc) is 2.28. The Balaban J connectivity index is 2.58. The molecule has 0 aromatic heterocycles. The summed E-state index contributed by atoms with van der Waals surface area (Å²) in [5.74, 6) is -1.03. The fraction of sp³-hybridized carbons (Fsp3) is 0.417. The van der Waals surface area contributed by atoms with E-state index >= 15 is 0 Å². The Labute approximate surface area is 106 Å². The van der Waals surface area contributed by atoms with E-state index < -0.39 is 5.97 Å². The van der Waals surface area contributed by atoms with Crippen molar-refractivity contribution in [1.29, 1.82) is 0 Å². The minimum Gasteiger partial charge on any atom is -0.478 e. The molecule has 0 saturated carbocycles. The zero-order valence-corrected chi connectivity index (χ0v) is 10.5.